The zero-order valence-corrected chi connectivity index (χ0v) is 8.17. The third kappa shape index (κ3) is 4.01. The van der Waals surface area contributed by atoms with Crippen LogP contribution in [0, 0.1) is 0 Å². The van der Waals surface area contributed by atoms with Gasteiger partial charge < -0.3 is 5.73 Å². The number of amides is 2. The van der Waals surface area contributed by atoms with Gasteiger partial charge in [-0.1, -0.05) is 6.07 Å². The molecule has 6 heteroatoms. The smallest absolute Gasteiger partial charge is 0.248 e. The average molecular weight is 214 g/mol. The highest BCUT2D eigenvalue weighted by atomic mass is 32.1. The highest BCUT2D eigenvalue weighted by Crippen LogP contribution is 2.08. The van der Waals surface area contributed by atoms with Crippen LogP contribution >= 0.6 is 11.3 Å². The summed E-state index contributed by atoms with van der Waals surface area (Å²) in [6, 6.07) is 3.70. The van der Waals surface area contributed by atoms with Crippen LogP contribution in [0.1, 0.15) is 4.88 Å². The van der Waals surface area contributed by atoms with E-state index < -0.39 is 5.91 Å². The number of carbonyl (C=O) groups is 2. The van der Waals surface area contributed by atoms with E-state index >= 15 is 0 Å². The molecule has 0 aromatic carbocycles. The Hall–Kier alpha value is -1.40. The van der Waals surface area contributed by atoms with E-state index in [1.54, 1.807) is 0 Å². The van der Waals surface area contributed by atoms with Gasteiger partial charge in [0.25, 0.3) is 0 Å². The van der Waals surface area contributed by atoms with Crippen LogP contribution in [0.4, 0.5) is 0 Å². The summed E-state index contributed by atoms with van der Waals surface area (Å²) < 4.78 is 0. The number of nitrogens with one attached hydrogen (secondary N) is 1. The molecule has 0 bridgehead atoms. The standard InChI is InChI=1S/C8H10N2O3S/c9-7(11)5-13-10-8(12)4-6-2-1-3-14-6/h1-3H,4-5H2,(H2,9,11)(H,10,12). The average Bonchev–Trinajstić information content (AvgIpc) is 2.56. The lowest BCUT2D eigenvalue weighted by atomic mass is 10.3. The topological polar surface area (TPSA) is 81.4 Å². The molecule has 1 heterocycles. The summed E-state index contributed by atoms with van der Waals surface area (Å²) in [6.45, 7) is -0.309. The molecule has 3 N–H and O–H groups in total. The van der Waals surface area contributed by atoms with Gasteiger partial charge in [0.2, 0.25) is 11.8 Å². The van der Waals surface area contributed by atoms with Crippen LogP contribution in [-0.2, 0) is 20.8 Å². The van der Waals surface area contributed by atoms with Crippen LogP contribution in [0.15, 0.2) is 17.5 Å². The summed E-state index contributed by atoms with van der Waals surface area (Å²) >= 11 is 1.48. The number of primary amides is 1. The second-order valence-electron chi connectivity index (χ2n) is 2.54. The molecule has 0 aliphatic carbocycles. The van der Waals surface area contributed by atoms with Crippen molar-refractivity contribution in [3.8, 4) is 0 Å². The van der Waals surface area contributed by atoms with E-state index in [0.717, 1.165) is 4.88 Å². The molecule has 5 nitrogen and oxygen atoms in total. The lowest BCUT2D eigenvalue weighted by Crippen LogP contribution is -2.30. The fourth-order valence-electron chi connectivity index (χ4n) is 0.795. The first kappa shape index (κ1) is 10.7. The second kappa shape index (κ2) is 5.36. The van der Waals surface area contributed by atoms with Gasteiger partial charge in [0.15, 0.2) is 6.61 Å². The van der Waals surface area contributed by atoms with Crippen molar-refractivity contribution in [3.05, 3.63) is 22.4 Å². The molecular weight excluding hydrogens is 204 g/mol. The van der Waals surface area contributed by atoms with Crippen LogP contribution in [0.25, 0.3) is 0 Å². The first-order valence-electron chi connectivity index (χ1n) is 3.90. The summed E-state index contributed by atoms with van der Waals surface area (Å²) in [4.78, 5) is 26.8. The minimum Gasteiger partial charge on any atom is -0.368 e. The molecule has 0 unspecified atom stereocenters. The van der Waals surface area contributed by atoms with Gasteiger partial charge >= 0.3 is 0 Å². The minimum atomic E-state index is -0.624. The Kier molecular flexibility index (Phi) is 4.09. The molecule has 0 aliphatic rings. The number of hydroxylamine groups is 1. The van der Waals surface area contributed by atoms with Crippen molar-refractivity contribution in [1.82, 2.24) is 5.48 Å². The highest BCUT2D eigenvalue weighted by molar-refractivity contribution is 7.10. The molecule has 0 atom stereocenters. The molecule has 1 rings (SSSR count). The first-order valence-corrected chi connectivity index (χ1v) is 4.78. The summed E-state index contributed by atoms with van der Waals surface area (Å²) in [7, 11) is 0. The van der Waals surface area contributed by atoms with Crippen LogP contribution < -0.4 is 11.2 Å². The Bertz CT molecular complexity index is 310. The second-order valence-corrected chi connectivity index (χ2v) is 3.57. The Morgan fingerprint density at radius 3 is 2.93 bits per heavy atom. The predicted molar refractivity (Wildman–Crippen MR) is 51.3 cm³/mol. The number of hydrogen-bond acceptors (Lipinski definition) is 4. The summed E-state index contributed by atoms with van der Waals surface area (Å²) in [5, 5.41) is 1.88. The van der Waals surface area contributed by atoms with Gasteiger partial charge in [0.1, 0.15) is 0 Å². The summed E-state index contributed by atoms with van der Waals surface area (Å²) in [5.74, 6) is -0.921. The lowest BCUT2D eigenvalue weighted by Gasteiger charge is -2.02. The van der Waals surface area contributed by atoms with Crippen molar-refractivity contribution in [2.45, 2.75) is 6.42 Å². The molecule has 1 aromatic rings. The number of hydrogen-bond donors (Lipinski definition) is 2. The molecule has 0 aliphatic heterocycles. The van der Waals surface area contributed by atoms with Crippen LogP contribution in [0.5, 0.6) is 0 Å². The van der Waals surface area contributed by atoms with Gasteiger partial charge in [-0.2, -0.15) is 0 Å². The fourth-order valence-corrected chi connectivity index (χ4v) is 1.50. The normalized spacial score (nSPS) is 9.71. The number of rotatable bonds is 5. The van der Waals surface area contributed by atoms with E-state index in [4.69, 9.17) is 5.73 Å². The van der Waals surface area contributed by atoms with Gasteiger partial charge in [-0.25, -0.2) is 5.48 Å². The van der Waals surface area contributed by atoms with Gasteiger partial charge in [0.05, 0.1) is 6.42 Å². The van der Waals surface area contributed by atoms with E-state index in [0.29, 0.717) is 0 Å². The number of thiophene rings is 1. The molecule has 0 radical (unpaired) electrons. The highest BCUT2D eigenvalue weighted by Gasteiger charge is 2.04. The Morgan fingerprint density at radius 2 is 2.36 bits per heavy atom. The maximum atomic E-state index is 11.1. The van der Waals surface area contributed by atoms with E-state index in [-0.39, 0.29) is 18.9 Å². The lowest BCUT2D eigenvalue weighted by molar-refractivity contribution is -0.137. The monoisotopic (exact) mass is 214 g/mol. The van der Waals surface area contributed by atoms with E-state index in [9.17, 15) is 9.59 Å². The third-order valence-corrected chi connectivity index (χ3v) is 2.19. The fraction of sp³-hybridized carbons (Fsp3) is 0.250. The molecule has 0 saturated carbocycles. The largest absolute Gasteiger partial charge is 0.368 e. The van der Waals surface area contributed by atoms with Crippen molar-refractivity contribution >= 4 is 23.2 Å². The Labute approximate surface area is 84.8 Å². The van der Waals surface area contributed by atoms with E-state index in [2.05, 4.69) is 10.3 Å². The zero-order chi connectivity index (χ0) is 10.4. The molecule has 1 aromatic heterocycles. The van der Waals surface area contributed by atoms with Crippen molar-refractivity contribution in [3.63, 3.8) is 0 Å². The molecule has 14 heavy (non-hydrogen) atoms. The molecular formula is C8H10N2O3S. The van der Waals surface area contributed by atoms with Gasteiger partial charge in [-0.3, -0.25) is 14.4 Å². The zero-order valence-electron chi connectivity index (χ0n) is 7.36. The predicted octanol–water partition coefficient (Wildman–Crippen LogP) is -0.176. The maximum Gasteiger partial charge on any atom is 0.248 e. The minimum absolute atomic E-state index is 0.246. The van der Waals surface area contributed by atoms with Crippen molar-refractivity contribution < 1.29 is 14.4 Å². The molecule has 0 spiro atoms. The van der Waals surface area contributed by atoms with E-state index in [1.807, 2.05) is 17.5 Å². The molecule has 2 amide bonds. The first-order chi connectivity index (χ1) is 6.68. The van der Waals surface area contributed by atoms with E-state index in [1.165, 1.54) is 11.3 Å². The Morgan fingerprint density at radius 1 is 1.57 bits per heavy atom. The molecule has 0 fully saturated rings. The molecule has 0 saturated heterocycles. The summed E-state index contributed by atoms with van der Waals surface area (Å²) in [6.07, 6.45) is 0.246. The quantitative estimate of drug-likeness (QED) is 0.667. The maximum absolute atomic E-state index is 11.1. The Balaban J connectivity index is 2.20. The van der Waals surface area contributed by atoms with Crippen LogP contribution in [-0.4, -0.2) is 18.4 Å². The van der Waals surface area contributed by atoms with Gasteiger partial charge in [0, 0.05) is 4.88 Å². The van der Waals surface area contributed by atoms with Crippen LogP contribution in [0.2, 0.25) is 0 Å². The number of carbonyl (C=O) groups excluding carboxylic acids is 2. The van der Waals surface area contributed by atoms with Crippen molar-refractivity contribution in [1.29, 1.82) is 0 Å². The van der Waals surface area contributed by atoms with Gasteiger partial charge in [-0.15, -0.1) is 11.3 Å². The summed E-state index contributed by atoms with van der Waals surface area (Å²) in [5.41, 5.74) is 6.92. The van der Waals surface area contributed by atoms with Gasteiger partial charge in [-0.05, 0) is 11.4 Å². The molecule has 76 valence electrons. The van der Waals surface area contributed by atoms with Crippen molar-refractivity contribution in [2.75, 3.05) is 6.61 Å². The SMILES string of the molecule is NC(=O)CONC(=O)Cc1cccs1. The van der Waals surface area contributed by atoms with Crippen LogP contribution in [0.3, 0.4) is 0 Å². The third-order valence-electron chi connectivity index (χ3n) is 1.32. The number of nitrogens with two attached hydrogens (primary N) is 1. The van der Waals surface area contributed by atoms with Crippen molar-refractivity contribution in [2.24, 2.45) is 5.73 Å².